The Kier molecular flexibility index (Phi) is 3.59. The molecule has 0 spiro atoms. The summed E-state index contributed by atoms with van der Waals surface area (Å²) in [6.45, 7) is 3.87. The van der Waals surface area contributed by atoms with Crippen LogP contribution in [0.5, 0.6) is 5.75 Å². The van der Waals surface area contributed by atoms with Crippen molar-refractivity contribution in [2.24, 2.45) is 0 Å². The summed E-state index contributed by atoms with van der Waals surface area (Å²) in [6, 6.07) is 8.03. The maximum Gasteiger partial charge on any atom is 0.180 e. The summed E-state index contributed by atoms with van der Waals surface area (Å²) >= 11 is 0. The number of hydrogen-bond donors (Lipinski definition) is 1. The highest BCUT2D eigenvalue weighted by Gasteiger charge is 2.17. The molecule has 0 saturated carbocycles. The Labute approximate surface area is 134 Å². The summed E-state index contributed by atoms with van der Waals surface area (Å²) < 4.78 is 7.33. The number of fused-ring (bicyclic) bond motifs is 1. The monoisotopic (exact) mass is 309 g/mol. The topological polar surface area (TPSA) is 54.7 Å². The van der Waals surface area contributed by atoms with Gasteiger partial charge in [0.1, 0.15) is 5.75 Å². The molecule has 0 aliphatic carbocycles. The van der Waals surface area contributed by atoms with Gasteiger partial charge in [-0.25, -0.2) is 9.97 Å². The Bertz CT molecular complexity index is 805. The van der Waals surface area contributed by atoms with Gasteiger partial charge in [0, 0.05) is 44.1 Å². The molecule has 0 amide bonds. The number of nitrogens with one attached hydrogen (secondary N) is 1. The Morgan fingerprint density at radius 3 is 2.61 bits per heavy atom. The summed E-state index contributed by atoms with van der Waals surface area (Å²) in [6.07, 6.45) is 5.72. The van der Waals surface area contributed by atoms with Gasteiger partial charge >= 0.3 is 0 Å². The summed E-state index contributed by atoms with van der Waals surface area (Å²) in [5.74, 6) is 1.81. The van der Waals surface area contributed by atoms with Crippen LogP contribution >= 0.6 is 0 Å². The van der Waals surface area contributed by atoms with Crippen molar-refractivity contribution in [2.75, 3.05) is 38.2 Å². The van der Waals surface area contributed by atoms with Crippen LogP contribution in [0.25, 0.3) is 16.9 Å². The normalized spacial score (nSPS) is 15.1. The van der Waals surface area contributed by atoms with E-state index in [2.05, 4.69) is 24.6 Å². The van der Waals surface area contributed by atoms with Gasteiger partial charge in [0.15, 0.2) is 11.5 Å². The quantitative estimate of drug-likeness (QED) is 0.800. The van der Waals surface area contributed by atoms with Crippen molar-refractivity contribution in [3.63, 3.8) is 0 Å². The number of piperazine rings is 1. The van der Waals surface area contributed by atoms with E-state index in [-0.39, 0.29) is 0 Å². The lowest BCUT2D eigenvalue weighted by Crippen LogP contribution is -2.44. The van der Waals surface area contributed by atoms with Crippen LogP contribution in [-0.2, 0) is 0 Å². The molecule has 0 radical (unpaired) electrons. The third-order valence-electron chi connectivity index (χ3n) is 4.21. The first kappa shape index (κ1) is 14.0. The van der Waals surface area contributed by atoms with Crippen LogP contribution in [0.15, 0.2) is 42.9 Å². The summed E-state index contributed by atoms with van der Waals surface area (Å²) in [5.41, 5.74) is 3.07. The molecule has 4 rings (SSSR count). The van der Waals surface area contributed by atoms with Gasteiger partial charge in [-0.2, -0.15) is 0 Å². The van der Waals surface area contributed by atoms with Crippen LogP contribution < -0.4 is 15.0 Å². The molecule has 6 heteroatoms. The summed E-state index contributed by atoms with van der Waals surface area (Å²) in [7, 11) is 1.68. The number of rotatable bonds is 3. The number of ether oxygens (including phenoxy) is 1. The molecule has 1 aliphatic heterocycles. The van der Waals surface area contributed by atoms with Gasteiger partial charge in [0.2, 0.25) is 0 Å². The zero-order chi connectivity index (χ0) is 15.6. The molecule has 1 fully saturated rings. The molecule has 118 valence electrons. The average Bonchev–Trinajstić information content (AvgIpc) is 3.06. The van der Waals surface area contributed by atoms with Crippen LogP contribution in [0.1, 0.15) is 0 Å². The Hall–Kier alpha value is -2.60. The molecule has 1 aromatic carbocycles. The Morgan fingerprint density at radius 2 is 1.87 bits per heavy atom. The molecular formula is C17H19N5O. The van der Waals surface area contributed by atoms with Crippen LogP contribution in [0.2, 0.25) is 0 Å². The zero-order valence-electron chi connectivity index (χ0n) is 13.1. The molecule has 1 aliphatic rings. The first-order valence-corrected chi connectivity index (χ1v) is 7.79. The molecule has 0 unspecified atom stereocenters. The van der Waals surface area contributed by atoms with Gasteiger partial charge in [0.25, 0.3) is 0 Å². The second kappa shape index (κ2) is 5.89. The molecule has 1 N–H and O–H groups in total. The maximum absolute atomic E-state index is 5.23. The SMILES string of the molecule is COc1ccc(-c2cnc3c(N4CCNCC4)nccn23)cc1. The third-order valence-corrected chi connectivity index (χ3v) is 4.21. The highest BCUT2D eigenvalue weighted by atomic mass is 16.5. The Morgan fingerprint density at radius 1 is 1.09 bits per heavy atom. The molecule has 0 bridgehead atoms. The van der Waals surface area contributed by atoms with E-state index in [1.54, 1.807) is 7.11 Å². The van der Waals surface area contributed by atoms with Crippen LogP contribution in [0.4, 0.5) is 5.82 Å². The van der Waals surface area contributed by atoms with E-state index in [1.165, 1.54) is 0 Å². The van der Waals surface area contributed by atoms with Crippen molar-refractivity contribution in [1.82, 2.24) is 19.7 Å². The van der Waals surface area contributed by atoms with E-state index in [0.717, 1.165) is 54.7 Å². The maximum atomic E-state index is 5.23. The number of imidazole rings is 1. The molecule has 3 heterocycles. The van der Waals surface area contributed by atoms with Crippen molar-refractivity contribution < 1.29 is 4.74 Å². The smallest absolute Gasteiger partial charge is 0.180 e. The number of aromatic nitrogens is 3. The fourth-order valence-corrected chi connectivity index (χ4v) is 2.98. The zero-order valence-corrected chi connectivity index (χ0v) is 13.1. The van der Waals surface area contributed by atoms with Gasteiger partial charge in [-0.1, -0.05) is 0 Å². The van der Waals surface area contributed by atoms with Crippen LogP contribution in [-0.4, -0.2) is 47.7 Å². The highest BCUT2D eigenvalue weighted by Crippen LogP contribution is 2.26. The van der Waals surface area contributed by atoms with Crippen molar-refractivity contribution >= 4 is 11.5 Å². The van der Waals surface area contributed by atoms with Gasteiger partial charge in [0.05, 0.1) is 19.0 Å². The standard InChI is InChI=1S/C17H19N5O/c1-23-14-4-2-13(3-5-14)15-12-20-17-16(19-8-11-22(15)17)21-9-6-18-7-10-21/h2-5,8,11-12,18H,6-7,9-10H2,1H3. The molecule has 23 heavy (non-hydrogen) atoms. The van der Waals surface area contributed by atoms with E-state index in [9.17, 15) is 0 Å². The van der Waals surface area contributed by atoms with Crippen molar-refractivity contribution in [1.29, 1.82) is 0 Å². The Balaban J connectivity index is 1.77. The second-order valence-electron chi connectivity index (χ2n) is 5.55. The minimum atomic E-state index is 0.853. The van der Waals surface area contributed by atoms with Crippen molar-refractivity contribution in [3.8, 4) is 17.0 Å². The van der Waals surface area contributed by atoms with Gasteiger partial charge in [-0.3, -0.25) is 4.40 Å². The molecule has 3 aromatic rings. The highest BCUT2D eigenvalue weighted by molar-refractivity contribution is 5.71. The minimum absolute atomic E-state index is 0.853. The van der Waals surface area contributed by atoms with E-state index in [4.69, 9.17) is 4.74 Å². The predicted molar refractivity (Wildman–Crippen MR) is 90.1 cm³/mol. The van der Waals surface area contributed by atoms with Gasteiger partial charge in [-0.15, -0.1) is 0 Å². The average molecular weight is 309 g/mol. The number of methoxy groups -OCH3 is 1. The van der Waals surface area contributed by atoms with Gasteiger partial charge < -0.3 is 15.0 Å². The van der Waals surface area contributed by atoms with Crippen molar-refractivity contribution in [3.05, 3.63) is 42.9 Å². The molecule has 0 atom stereocenters. The third kappa shape index (κ3) is 2.51. The summed E-state index contributed by atoms with van der Waals surface area (Å²) in [5, 5.41) is 3.37. The van der Waals surface area contributed by atoms with Gasteiger partial charge in [-0.05, 0) is 24.3 Å². The first-order chi connectivity index (χ1) is 11.4. The number of nitrogens with zero attached hydrogens (tertiary/aromatic N) is 4. The van der Waals surface area contributed by atoms with E-state index in [0.29, 0.717) is 0 Å². The fraction of sp³-hybridized carbons (Fsp3) is 0.294. The lowest BCUT2D eigenvalue weighted by Gasteiger charge is -2.28. The lowest BCUT2D eigenvalue weighted by molar-refractivity contribution is 0.415. The number of hydrogen-bond acceptors (Lipinski definition) is 5. The lowest BCUT2D eigenvalue weighted by atomic mass is 10.1. The largest absolute Gasteiger partial charge is 0.497 e. The minimum Gasteiger partial charge on any atom is -0.497 e. The van der Waals surface area contributed by atoms with Crippen LogP contribution in [0, 0.1) is 0 Å². The molecule has 1 saturated heterocycles. The van der Waals surface area contributed by atoms with E-state index >= 15 is 0 Å². The fourth-order valence-electron chi connectivity index (χ4n) is 2.98. The predicted octanol–water partition coefficient (Wildman–Crippen LogP) is 1.81. The first-order valence-electron chi connectivity index (χ1n) is 7.79. The molecule has 2 aromatic heterocycles. The number of benzene rings is 1. The second-order valence-corrected chi connectivity index (χ2v) is 5.55. The van der Waals surface area contributed by atoms with Crippen LogP contribution in [0.3, 0.4) is 0 Å². The molecular weight excluding hydrogens is 290 g/mol. The molecule has 6 nitrogen and oxygen atoms in total. The number of anilines is 1. The van der Waals surface area contributed by atoms with Crippen molar-refractivity contribution in [2.45, 2.75) is 0 Å². The summed E-state index contributed by atoms with van der Waals surface area (Å²) in [4.78, 5) is 11.5. The van der Waals surface area contributed by atoms with E-state index in [1.807, 2.05) is 42.9 Å². The van der Waals surface area contributed by atoms with E-state index < -0.39 is 0 Å².